The first kappa shape index (κ1) is 20.8. The molecule has 1 saturated heterocycles. The molecule has 1 aliphatic heterocycles. The van der Waals surface area contributed by atoms with Crippen LogP contribution in [-0.4, -0.2) is 49.1 Å². The lowest BCUT2D eigenvalue weighted by Gasteiger charge is -2.32. The summed E-state index contributed by atoms with van der Waals surface area (Å²) in [5, 5.41) is 3.18. The van der Waals surface area contributed by atoms with Crippen LogP contribution in [0.4, 0.5) is 0 Å². The van der Waals surface area contributed by atoms with Gasteiger partial charge in [0.25, 0.3) is 5.91 Å². The zero-order chi connectivity index (χ0) is 16.7. The van der Waals surface area contributed by atoms with Crippen molar-refractivity contribution in [3.8, 4) is 0 Å². The van der Waals surface area contributed by atoms with Crippen LogP contribution in [0.5, 0.6) is 0 Å². The Bertz CT molecular complexity index is 548. The largest absolute Gasteiger partial charge is 0.369 e. The van der Waals surface area contributed by atoms with Gasteiger partial charge < -0.3 is 16.0 Å². The van der Waals surface area contributed by atoms with Crippen LogP contribution in [0.2, 0.25) is 0 Å². The molecule has 2 amide bonds. The third-order valence-electron chi connectivity index (χ3n) is 4.19. The number of nitrogens with two attached hydrogens (primary N) is 1. The number of halogens is 1. The average Bonchev–Trinajstić information content (AvgIpc) is 2.58. The molecule has 1 aliphatic rings. The third-order valence-corrected chi connectivity index (χ3v) is 5.29. The van der Waals surface area contributed by atoms with Gasteiger partial charge in [0.05, 0.1) is 11.3 Å². The number of benzene rings is 1. The summed E-state index contributed by atoms with van der Waals surface area (Å²) >= 11 is 1.33. The van der Waals surface area contributed by atoms with E-state index < -0.39 is 0 Å². The van der Waals surface area contributed by atoms with Crippen molar-refractivity contribution < 1.29 is 9.59 Å². The molecule has 0 saturated carbocycles. The number of primary amides is 1. The fourth-order valence-corrected chi connectivity index (χ4v) is 3.65. The van der Waals surface area contributed by atoms with E-state index in [0.717, 1.165) is 37.4 Å². The summed E-state index contributed by atoms with van der Waals surface area (Å²) in [6.45, 7) is 2.65. The molecule has 0 bridgehead atoms. The monoisotopic (exact) mass is 371 g/mol. The highest BCUT2D eigenvalue weighted by molar-refractivity contribution is 8.00. The summed E-state index contributed by atoms with van der Waals surface area (Å²) in [5.41, 5.74) is 5.88. The maximum absolute atomic E-state index is 12.8. The minimum absolute atomic E-state index is 0. The SMILES string of the molecule is CNCCC1CCN(C(=O)c2ccccc2SCC(N)=O)CC1.Cl. The Labute approximate surface area is 154 Å². The van der Waals surface area contributed by atoms with Crippen molar-refractivity contribution in [2.75, 3.05) is 32.4 Å². The van der Waals surface area contributed by atoms with E-state index in [2.05, 4.69) is 5.32 Å². The molecule has 0 unspecified atom stereocenters. The number of amides is 2. The van der Waals surface area contributed by atoms with Gasteiger partial charge in [-0.15, -0.1) is 24.2 Å². The smallest absolute Gasteiger partial charge is 0.254 e. The molecule has 0 atom stereocenters. The maximum atomic E-state index is 12.8. The van der Waals surface area contributed by atoms with Crippen LogP contribution in [0.15, 0.2) is 29.2 Å². The van der Waals surface area contributed by atoms with Gasteiger partial charge in [0, 0.05) is 18.0 Å². The van der Waals surface area contributed by atoms with Crippen molar-refractivity contribution in [1.82, 2.24) is 10.2 Å². The quantitative estimate of drug-likeness (QED) is 0.720. The Morgan fingerprint density at radius 3 is 2.58 bits per heavy atom. The lowest BCUT2D eigenvalue weighted by atomic mass is 9.93. The molecule has 1 aromatic carbocycles. The molecule has 2 rings (SSSR count). The van der Waals surface area contributed by atoms with Crippen molar-refractivity contribution in [1.29, 1.82) is 0 Å². The van der Waals surface area contributed by atoms with Crippen LogP contribution in [0, 0.1) is 5.92 Å². The second-order valence-electron chi connectivity index (χ2n) is 5.88. The second kappa shape index (κ2) is 10.6. The molecule has 1 aromatic rings. The highest BCUT2D eigenvalue weighted by atomic mass is 35.5. The molecule has 7 heteroatoms. The van der Waals surface area contributed by atoms with E-state index in [9.17, 15) is 9.59 Å². The van der Waals surface area contributed by atoms with Crippen molar-refractivity contribution in [3.63, 3.8) is 0 Å². The van der Waals surface area contributed by atoms with E-state index in [4.69, 9.17) is 5.73 Å². The van der Waals surface area contributed by atoms with Crippen molar-refractivity contribution in [2.24, 2.45) is 11.7 Å². The number of hydrogen-bond acceptors (Lipinski definition) is 4. The van der Waals surface area contributed by atoms with Crippen LogP contribution in [0.25, 0.3) is 0 Å². The molecular formula is C17H26ClN3O2S. The van der Waals surface area contributed by atoms with E-state index in [-0.39, 0.29) is 30.0 Å². The van der Waals surface area contributed by atoms with Gasteiger partial charge in [-0.05, 0) is 50.9 Å². The van der Waals surface area contributed by atoms with Gasteiger partial charge in [-0.1, -0.05) is 12.1 Å². The van der Waals surface area contributed by atoms with E-state index in [1.165, 1.54) is 18.2 Å². The minimum Gasteiger partial charge on any atom is -0.369 e. The second-order valence-corrected chi connectivity index (χ2v) is 6.90. The normalized spacial score (nSPS) is 15.0. The fraction of sp³-hybridized carbons (Fsp3) is 0.529. The summed E-state index contributed by atoms with van der Waals surface area (Å²) in [4.78, 5) is 26.5. The number of carbonyl (C=O) groups excluding carboxylic acids is 2. The maximum Gasteiger partial charge on any atom is 0.254 e. The first-order chi connectivity index (χ1) is 11.1. The van der Waals surface area contributed by atoms with E-state index in [0.29, 0.717) is 11.5 Å². The summed E-state index contributed by atoms with van der Waals surface area (Å²) in [6, 6.07) is 7.45. The number of hydrogen-bond donors (Lipinski definition) is 2. The molecule has 24 heavy (non-hydrogen) atoms. The Balaban J connectivity index is 0.00000288. The number of carbonyl (C=O) groups is 2. The summed E-state index contributed by atoms with van der Waals surface area (Å²) in [5.74, 6) is 0.578. The Hall–Kier alpha value is -1.24. The van der Waals surface area contributed by atoms with Crippen molar-refractivity contribution in [2.45, 2.75) is 24.2 Å². The number of thioether (sulfide) groups is 1. The van der Waals surface area contributed by atoms with Crippen LogP contribution >= 0.6 is 24.2 Å². The standard InChI is InChI=1S/C17H25N3O2S.ClH/c1-19-9-6-13-7-10-20(11-8-13)17(22)14-4-2-3-5-15(14)23-12-16(18)21;/h2-5,13,19H,6-12H2,1H3,(H2,18,21);1H. The summed E-state index contributed by atoms with van der Waals surface area (Å²) in [7, 11) is 1.97. The van der Waals surface area contributed by atoms with Gasteiger partial charge >= 0.3 is 0 Å². The number of piperidine rings is 1. The number of rotatable bonds is 7. The molecule has 5 nitrogen and oxygen atoms in total. The molecule has 0 aromatic heterocycles. The highest BCUT2D eigenvalue weighted by Crippen LogP contribution is 2.26. The summed E-state index contributed by atoms with van der Waals surface area (Å²) in [6.07, 6.45) is 3.29. The Kier molecular flexibility index (Phi) is 9.18. The lowest BCUT2D eigenvalue weighted by molar-refractivity contribution is -0.115. The zero-order valence-electron chi connectivity index (χ0n) is 14.0. The van der Waals surface area contributed by atoms with Gasteiger partial charge in [-0.2, -0.15) is 0 Å². The first-order valence-corrected chi connectivity index (χ1v) is 9.04. The van der Waals surface area contributed by atoms with E-state index in [1.54, 1.807) is 0 Å². The molecule has 1 fully saturated rings. The van der Waals surface area contributed by atoms with Crippen LogP contribution in [0.3, 0.4) is 0 Å². The molecule has 0 radical (unpaired) electrons. The van der Waals surface area contributed by atoms with Crippen LogP contribution < -0.4 is 11.1 Å². The van der Waals surface area contributed by atoms with Crippen molar-refractivity contribution >= 4 is 36.0 Å². The number of likely N-dealkylation sites (tertiary alicyclic amines) is 1. The predicted octanol–water partition coefficient (Wildman–Crippen LogP) is 2.15. The topological polar surface area (TPSA) is 75.4 Å². The molecular weight excluding hydrogens is 346 g/mol. The van der Waals surface area contributed by atoms with Gasteiger partial charge in [-0.3, -0.25) is 9.59 Å². The molecule has 0 aliphatic carbocycles. The average molecular weight is 372 g/mol. The summed E-state index contributed by atoms with van der Waals surface area (Å²) < 4.78 is 0. The Morgan fingerprint density at radius 2 is 1.96 bits per heavy atom. The van der Waals surface area contributed by atoms with Gasteiger partial charge in [0.1, 0.15) is 0 Å². The lowest BCUT2D eigenvalue weighted by Crippen LogP contribution is -2.39. The molecule has 0 spiro atoms. The minimum atomic E-state index is -0.373. The van der Waals surface area contributed by atoms with Crippen LogP contribution in [-0.2, 0) is 4.79 Å². The fourth-order valence-electron chi connectivity index (χ4n) is 2.86. The van der Waals surface area contributed by atoms with E-state index >= 15 is 0 Å². The highest BCUT2D eigenvalue weighted by Gasteiger charge is 2.24. The van der Waals surface area contributed by atoms with Gasteiger partial charge in [0.15, 0.2) is 0 Å². The number of nitrogens with zero attached hydrogens (tertiary/aromatic N) is 1. The molecule has 3 N–H and O–H groups in total. The predicted molar refractivity (Wildman–Crippen MR) is 101 cm³/mol. The van der Waals surface area contributed by atoms with Crippen LogP contribution in [0.1, 0.15) is 29.6 Å². The Morgan fingerprint density at radius 1 is 1.29 bits per heavy atom. The van der Waals surface area contributed by atoms with Crippen molar-refractivity contribution in [3.05, 3.63) is 29.8 Å². The molecule has 1 heterocycles. The van der Waals surface area contributed by atoms with Gasteiger partial charge in [-0.25, -0.2) is 0 Å². The van der Waals surface area contributed by atoms with Gasteiger partial charge in [0.2, 0.25) is 5.91 Å². The molecule has 134 valence electrons. The third kappa shape index (κ3) is 6.00. The number of nitrogens with one attached hydrogen (secondary N) is 1. The zero-order valence-corrected chi connectivity index (χ0v) is 15.6. The first-order valence-electron chi connectivity index (χ1n) is 8.05. The van der Waals surface area contributed by atoms with E-state index in [1.807, 2.05) is 36.2 Å².